The first-order chi connectivity index (χ1) is 10.2. The molecule has 0 aromatic carbocycles. The minimum atomic E-state index is -0.269. The fourth-order valence-electron chi connectivity index (χ4n) is 2.52. The molecule has 2 aromatic heterocycles. The molecule has 0 aliphatic rings. The van der Waals surface area contributed by atoms with Gasteiger partial charge in [0.15, 0.2) is 11.2 Å². The van der Waals surface area contributed by atoms with E-state index in [2.05, 4.69) is 11.6 Å². The van der Waals surface area contributed by atoms with Crippen molar-refractivity contribution in [2.24, 2.45) is 0 Å². The fraction of sp³-hybridized carbons (Fsp3) is 0.533. The second-order valence-corrected chi connectivity index (χ2v) is 4.97. The molecule has 114 valence electrons. The summed E-state index contributed by atoms with van der Waals surface area (Å²) in [6.07, 6.45) is 6.26. The summed E-state index contributed by atoms with van der Waals surface area (Å²) in [5.74, 6) is 0. The average molecular weight is 290 g/mol. The molecule has 0 radical (unpaired) electrons. The molecule has 2 aromatic rings. The second-order valence-electron chi connectivity index (χ2n) is 4.97. The SMILES string of the molecule is C=CCCCCn1c(=O)n(CC)c(=O)c2c1ncn2CC. The molecule has 6 nitrogen and oxygen atoms in total. The van der Waals surface area contributed by atoms with Crippen molar-refractivity contribution < 1.29 is 0 Å². The van der Waals surface area contributed by atoms with Crippen LogP contribution < -0.4 is 11.2 Å². The Balaban J connectivity index is 2.57. The summed E-state index contributed by atoms with van der Waals surface area (Å²) >= 11 is 0. The molecule has 0 unspecified atom stereocenters. The Morgan fingerprint density at radius 3 is 2.57 bits per heavy atom. The second kappa shape index (κ2) is 6.56. The Labute approximate surface area is 123 Å². The van der Waals surface area contributed by atoms with Crippen molar-refractivity contribution in [3.8, 4) is 0 Å². The third-order valence-corrected chi connectivity index (χ3v) is 3.68. The summed E-state index contributed by atoms with van der Waals surface area (Å²) in [6.45, 7) is 9.06. The van der Waals surface area contributed by atoms with E-state index in [4.69, 9.17) is 0 Å². The highest BCUT2D eigenvalue weighted by atomic mass is 16.2. The van der Waals surface area contributed by atoms with Gasteiger partial charge in [0.25, 0.3) is 5.56 Å². The van der Waals surface area contributed by atoms with Crippen molar-refractivity contribution in [2.75, 3.05) is 0 Å². The Morgan fingerprint density at radius 2 is 1.95 bits per heavy atom. The van der Waals surface area contributed by atoms with Gasteiger partial charge in [0.2, 0.25) is 0 Å². The van der Waals surface area contributed by atoms with Crippen molar-refractivity contribution in [1.29, 1.82) is 0 Å². The maximum atomic E-state index is 12.5. The van der Waals surface area contributed by atoms with E-state index in [1.807, 2.05) is 19.9 Å². The van der Waals surface area contributed by atoms with Gasteiger partial charge in [-0.2, -0.15) is 0 Å². The first-order valence-electron chi connectivity index (χ1n) is 7.45. The highest BCUT2D eigenvalue weighted by molar-refractivity contribution is 5.70. The largest absolute Gasteiger partial charge is 0.332 e. The number of imidazole rings is 1. The zero-order valence-electron chi connectivity index (χ0n) is 12.7. The molecule has 2 rings (SSSR count). The first-order valence-corrected chi connectivity index (χ1v) is 7.45. The van der Waals surface area contributed by atoms with E-state index in [9.17, 15) is 9.59 Å². The third kappa shape index (κ3) is 2.70. The van der Waals surface area contributed by atoms with E-state index in [1.165, 1.54) is 4.57 Å². The van der Waals surface area contributed by atoms with Gasteiger partial charge in [0.1, 0.15) is 0 Å². The van der Waals surface area contributed by atoms with Gasteiger partial charge >= 0.3 is 5.69 Å². The molecule has 21 heavy (non-hydrogen) atoms. The number of nitrogens with zero attached hydrogens (tertiary/aromatic N) is 4. The summed E-state index contributed by atoms with van der Waals surface area (Å²) in [6, 6.07) is 0. The highest BCUT2D eigenvalue weighted by Gasteiger charge is 2.16. The lowest BCUT2D eigenvalue weighted by molar-refractivity contribution is 0.553. The molecule has 6 heteroatoms. The summed E-state index contributed by atoms with van der Waals surface area (Å²) < 4.78 is 4.70. The lowest BCUT2D eigenvalue weighted by Gasteiger charge is -2.10. The standard InChI is InChI=1S/C15H22N4O2/c1-4-7-8-9-10-19-13-12(17(5-2)11-16-13)14(20)18(6-3)15(19)21/h4,11H,1,5-10H2,2-3H3. The van der Waals surface area contributed by atoms with Crippen LogP contribution in [-0.2, 0) is 19.6 Å². The van der Waals surface area contributed by atoms with Gasteiger partial charge in [-0.05, 0) is 33.1 Å². The molecular formula is C15H22N4O2. The number of allylic oxidation sites excluding steroid dienone is 1. The van der Waals surface area contributed by atoms with Crippen molar-refractivity contribution in [2.45, 2.75) is 52.7 Å². The van der Waals surface area contributed by atoms with Gasteiger partial charge in [-0.3, -0.25) is 13.9 Å². The van der Waals surface area contributed by atoms with Crippen molar-refractivity contribution in [3.63, 3.8) is 0 Å². The molecule has 0 saturated heterocycles. The van der Waals surface area contributed by atoms with E-state index in [0.29, 0.717) is 30.8 Å². The number of hydrogen-bond donors (Lipinski definition) is 0. The van der Waals surface area contributed by atoms with Crippen LogP contribution in [0.4, 0.5) is 0 Å². The summed E-state index contributed by atoms with van der Waals surface area (Å²) in [4.78, 5) is 29.2. The maximum absolute atomic E-state index is 12.5. The number of aryl methyl sites for hydroxylation is 2. The zero-order valence-corrected chi connectivity index (χ0v) is 12.7. The number of fused-ring (bicyclic) bond motifs is 1. The minimum Gasteiger partial charge on any atom is -0.325 e. The number of rotatable bonds is 7. The number of hydrogen-bond acceptors (Lipinski definition) is 3. The summed E-state index contributed by atoms with van der Waals surface area (Å²) in [7, 11) is 0. The van der Waals surface area contributed by atoms with Crippen LogP contribution in [0.15, 0.2) is 28.6 Å². The number of unbranched alkanes of at least 4 members (excludes halogenated alkanes) is 2. The van der Waals surface area contributed by atoms with Crippen LogP contribution in [-0.4, -0.2) is 18.7 Å². The lowest BCUT2D eigenvalue weighted by Crippen LogP contribution is -2.40. The maximum Gasteiger partial charge on any atom is 0.332 e. The molecule has 0 amide bonds. The molecule has 0 bridgehead atoms. The summed E-state index contributed by atoms with van der Waals surface area (Å²) in [5.41, 5.74) is 0.493. The minimum absolute atomic E-state index is 0.251. The first kappa shape index (κ1) is 15.3. The van der Waals surface area contributed by atoms with Crippen LogP contribution in [0.2, 0.25) is 0 Å². The van der Waals surface area contributed by atoms with Crippen LogP contribution in [0, 0.1) is 0 Å². The lowest BCUT2D eigenvalue weighted by atomic mass is 10.2. The summed E-state index contributed by atoms with van der Waals surface area (Å²) in [5, 5.41) is 0. The van der Waals surface area contributed by atoms with Gasteiger partial charge < -0.3 is 4.57 Å². The molecule has 0 aliphatic carbocycles. The average Bonchev–Trinajstić information content (AvgIpc) is 2.91. The molecule has 0 aliphatic heterocycles. The van der Waals surface area contributed by atoms with Crippen LogP contribution in [0.1, 0.15) is 33.1 Å². The highest BCUT2D eigenvalue weighted by Crippen LogP contribution is 2.08. The molecule has 0 atom stereocenters. The third-order valence-electron chi connectivity index (χ3n) is 3.68. The van der Waals surface area contributed by atoms with Gasteiger partial charge in [-0.25, -0.2) is 9.78 Å². The smallest absolute Gasteiger partial charge is 0.325 e. The molecule has 0 saturated carbocycles. The monoisotopic (exact) mass is 290 g/mol. The Hall–Kier alpha value is -2.11. The predicted octanol–water partition coefficient (Wildman–Crippen LogP) is 1.76. The predicted molar refractivity (Wildman–Crippen MR) is 83.6 cm³/mol. The number of aromatic nitrogens is 4. The normalized spacial score (nSPS) is 11.1. The van der Waals surface area contributed by atoms with Gasteiger partial charge in [-0.1, -0.05) is 6.08 Å². The van der Waals surface area contributed by atoms with Gasteiger partial charge in [0, 0.05) is 19.6 Å². The van der Waals surface area contributed by atoms with E-state index in [1.54, 1.807) is 15.5 Å². The molecule has 0 N–H and O–H groups in total. The van der Waals surface area contributed by atoms with Gasteiger partial charge in [-0.15, -0.1) is 6.58 Å². The fourth-order valence-corrected chi connectivity index (χ4v) is 2.52. The van der Waals surface area contributed by atoms with E-state index in [0.717, 1.165) is 19.3 Å². The topological polar surface area (TPSA) is 61.8 Å². The van der Waals surface area contributed by atoms with E-state index in [-0.39, 0.29) is 11.2 Å². The van der Waals surface area contributed by atoms with Crippen LogP contribution in [0.3, 0.4) is 0 Å². The Kier molecular flexibility index (Phi) is 4.77. The quantitative estimate of drug-likeness (QED) is 0.576. The van der Waals surface area contributed by atoms with Crippen LogP contribution >= 0.6 is 0 Å². The van der Waals surface area contributed by atoms with E-state index < -0.39 is 0 Å². The van der Waals surface area contributed by atoms with Gasteiger partial charge in [0.05, 0.1) is 6.33 Å². The molecular weight excluding hydrogens is 268 g/mol. The Morgan fingerprint density at radius 1 is 1.19 bits per heavy atom. The molecule has 0 fully saturated rings. The van der Waals surface area contributed by atoms with Crippen molar-refractivity contribution in [1.82, 2.24) is 18.7 Å². The van der Waals surface area contributed by atoms with E-state index >= 15 is 0 Å². The zero-order chi connectivity index (χ0) is 15.4. The molecule has 2 heterocycles. The van der Waals surface area contributed by atoms with Crippen LogP contribution in [0.25, 0.3) is 11.2 Å². The van der Waals surface area contributed by atoms with Crippen LogP contribution in [0.5, 0.6) is 0 Å². The molecule has 0 spiro atoms. The Bertz CT molecular complexity index is 751. The van der Waals surface area contributed by atoms with Crippen molar-refractivity contribution >= 4 is 11.2 Å². The van der Waals surface area contributed by atoms with Crippen molar-refractivity contribution in [3.05, 3.63) is 39.8 Å².